The summed E-state index contributed by atoms with van der Waals surface area (Å²) in [6.07, 6.45) is 1.57. The molecular weight excluding hydrogens is 324 g/mol. The Balaban J connectivity index is 2.77. The second-order valence-corrected chi connectivity index (χ2v) is 8.69. The highest BCUT2D eigenvalue weighted by atomic mass is 16.4. The molecule has 0 amide bonds. The number of carboxylic acid groups (broad SMARTS) is 1. The Labute approximate surface area is 156 Å². The van der Waals surface area contributed by atoms with Gasteiger partial charge in [-0.1, -0.05) is 77.9 Å². The first-order chi connectivity index (χ1) is 11.9. The first kappa shape index (κ1) is 19.8. The molecule has 0 radical (unpaired) electrons. The Morgan fingerprint density at radius 3 is 1.96 bits per heavy atom. The molecular formula is C23H28O3. The lowest BCUT2D eigenvalue weighted by Crippen LogP contribution is -2.17. The zero-order valence-electron chi connectivity index (χ0n) is 16.4. The number of carbonyl (C=O) groups is 1. The van der Waals surface area contributed by atoms with E-state index in [1.54, 1.807) is 30.3 Å². The summed E-state index contributed by atoms with van der Waals surface area (Å²) in [5, 5.41) is 20.5. The summed E-state index contributed by atoms with van der Waals surface area (Å²) < 4.78 is 0. The molecule has 2 aromatic rings. The third kappa shape index (κ3) is 4.34. The lowest BCUT2D eigenvalue weighted by molar-refractivity contribution is -0.130. The quantitative estimate of drug-likeness (QED) is 0.557. The first-order valence-electron chi connectivity index (χ1n) is 8.79. The average molecular weight is 352 g/mol. The highest BCUT2D eigenvalue weighted by Crippen LogP contribution is 2.39. The van der Waals surface area contributed by atoms with Gasteiger partial charge in [-0.25, -0.2) is 4.79 Å². The molecule has 2 aromatic carbocycles. The van der Waals surface area contributed by atoms with Gasteiger partial charge in [-0.15, -0.1) is 0 Å². The molecule has 0 bridgehead atoms. The van der Waals surface area contributed by atoms with Crippen LogP contribution in [0.4, 0.5) is 0 Å². The smallest absolute Gasteiger partial charge is 0.336 e. The number of rotatable bonds is 3. The number of phenolic OH excluding ortho intramolecular Hbond substituents is 1. The third-order valence-electron chi connectivity index (χ3n) is 4.43. The summed E-state index contributed by atoms with van der Waals surface area (Å²) in [7, 11) is 0. The Morgan fingerprint density at radius 2 is 1.50 bits per heavy atom. The summed E-state index contributed by atoms with van der Waals surface area (Å²) in [4.78, 5) is 11.8. The van der Waals surface area contributed by atoms with Gasteiger partial charge in [0, 0.05) is 11.1 Å². The van der Waals surface area contributed by atoms with Crippen molar-refractivity contribution >= 4 is 17.6 Å². The fraction of sp³-hybridized carbons (Fsp3) is 0.348. The van der Waals surface area contributed by atoms with Crippen LogP contribution in [0.15, 0.2) is 42.5 Å². The van der Waals surface area contributed by atoms with E-state index >= 15 is 0 Å². The predicted molar refractivity (Wildman–Crippen MR) is 107 cm³/mol. The van der Waals surface area contributed by atoms with Crippen molar-refractivity contribution < 1.29 is 15.0 Å². The van der Waals surface area contributed by atoms with Crippen molar-refractivity contribution in [2.45, 2.75) is 52.4 Å². The van der Waals surface area contributed by atoms with E-state index in [1.807, 2.05) is 39.0 Å². The molecule has 0 aliphatic rings. The largest absolute Gasteiger partial charge is 0.507 e. The molecule has 3 nitrogen and oxygen atoms in total. The van der Waals surface area contributed by atoms with Gasteiger partial charge in [0.15, 0.2) is 0 Å². The standard InChI is InChI=1S/C23H28O3/c1-22(2,3)17-12-16(20(24)19(14-17)23(4,5)6)13-18(21(25)26)15-10-8-7-9-11-15/h7-14,24H,1-6H3,(H,25,26). The summed E-state index contributed by atoms with van der Waals surface area (Å²) in [5.41, 5.74) is 2.79. The molecule has 0 saturated heterocycles. The van der Waals surface area contributed by atoms with Crippen molar-refractivity contribution in [1.82, 2.24) is 0 Å². The summed E-state index contributed by atoms with van der Waals surface area (Å²) in [6, 6.07) is 12.9. The van der Waals surface area contributed by atoms with Gasteiger partial charge in [0.1, 0.15) is 5.75 Å². The second kappa shape index (κ2) is 6.99. The van der Waals surface area contributed by atoms with E-state index in [9.17, 15) is 15.0 Å². The molecule has 0 aliphatic carbocycles. The van der Waals surface area contributed by atoms with E-state index in [-0.39, 0.29) is 22.2 Å². The fourth-order valence-electron chi connectivity index (χ4n) is 2.81. The van der Waals surface area contributed by atoms with E-state index in [0.29, 0.717) is 11.1 Å². The zero-order chi connectivity index (χ0) is 19.7. The molecule has 2 N–H and O–H groups in total. The van der Waals surface area contributed by atoms with Gasteiger partial charge in [0.05, 0.1) is 5.57 Å². The first-order valence-corrected chi connectivity index (χ1v) is 8.79. The van der Waals surface area contributed by atoms with E-state index in [2.05, 4.69) is 20.8 Å². The predicted octanol–water partition coefficient (Wildman–Crippen LogP) is 5.61. The molecule has 0 spiro atoms. The van der Waals surface area contributed by atoms with Crippen LogP contribution in [0, 0.1) is 0 Å². The molecule has 26 heavy (non-hydrogen) atoms. The Hall–Kier alpha value is -2.55. The molecule has 138 valence electrons. The van der Waals surface area contributed by atoms with Crippen LogP contribution in [0.1, 0.15) is 63.8 Å². The molecule has 0 saturated carbocycles. The zero-order valence-corrected chi connectivity index (χ0v) is 16.4. The van der Waals surface area contributed by atoms with Crippen molar-refractivity contribution in [2.75, 3.05) is 0 Å². The van der Waals surface area contributed by atoms with Gasteiger partial charge in [-0.3, -0.25) is 0 Å². The number of carboxylic acids is 1. The highest BCUT2D eigenvalue weighted by molar-refractivity contribution is 6.20. The number of aromatic hydroxyl groups is 1. The van der Waals surface area contributed by atoms with Gasteiger partial charge in [-0.05, 0) is 34.1 Å². The molecule has 0 aromatic heterocycles. The molecule has 0 heterocycles. The molecule has 3 heteroatoms. The van der Waals surface area contributed by atoms with Crippen LogP contribution in [0.25, 0.3) is 11.6 Å². The van der Waals surface area contributed by atoms with E-state index in [4.69, 9.17) is 0 Å². The van der Waals surface area contributed by atoms with Crippen molar-refractivity contribution in [3.8, 4) is 5.75 Å². The lowest BCUT2D eigenvalue weighted by atomic mass is 9.78. The number of benzene rings is 2. The van der Waals surface area contributed by atoms with Gasteiger partial charge in [0.2, 0.25) is 0 Å². The highest BCUT2D eigenvalue weighted by Gasteiger charge is 2.25. The molecule has 0 fully saturated rings. The van der Waals surface area contributed by atoms with Crippen LogP contribution in [0.3, 0.4) is 0 Å². The van der Waals surface area contributed by atoms with Crippen molar-refractivity contribution in [1.29, 1.82) is 0 Å². The fourth-order valence-corrected chi connectivity index (χ4v) is 2.81. The Kier molecular flexibility index (Phi) is 5.31. The van der Waals surface area contributed by atoms with Gasteiger partial charge >= 0.3 is 5.97 Å². The van der Waals surface area contributed by atoms with Crippen molar-refractivity contribution in [2.24, 2.45) is 0 Å². The number of phenols is 1. The minimum atomic E-state index is -1.02. The topological polar surface area (TPSA) is 57.5 Å². The third-order valence-corrected chi connectivity index (χ3v) is 4.43. The summed E-state index contributed by atoms with van der Waals surface area (Å²) >= 11 is 0. The van der Waals surface area contributed by atoms with Crippen LogP contribution < -0.4 is 0 Å². The summed E-state index contributed by atoms with van der Waals surface area (Å²) in [5.74, 6) is -0.880. The van der Waals surface area contributed by atoms with Crippen LogP contribution in [0.2, 0.25) is 0 Å². The lowest BCUT2D eigenvalue weighted by Gasteiger charge is -2.27. The SMILES string of the molecule is CC(C)(C)c1cc(C=C(C(=O)O)c2ccccc2)c(O)c(C(C)(C)C)c1. The second-order valence-electron chi connectivity index (χ2n) is 8.69. The van der Waals surface area contributed by atoms with Crippen LogP contribution >= 0.6 is 0 Å². The Bertz CT molecular complexity index is 832. The summed E-state index contributed by atoms with van der Waals surface area (Å²) in [6.45, 7) is 12.4. The van der Waals surface area contributed by atoms with E-state index < -0.39 is 5.97 Å². The van der Waals surface area contributed by atoms with Gasteiger partial charge < -0.3 is 10.2 Å². The van der Waals surface area contributed by atoms with E-state index in [0.717, 1.165) is 11.1 Å². The normalized spacial score (nSPS) is 12.9. The molecule has 0 atom stereocenters. The van der Waals surface area contributed by atoms with E-state index in [1.165, 1.54) is 0 Å². The van der Waals surface area contributed by atoms with Crippen LogP contribution in [-0.2, 0) is 15.6 Å². The number of aliphatic carboxylic acids is 1. The average Bonchev–Trinajstić information content (AvgIpc) is 2.52. The number of hydrogen-bond donors (Lipinski definition) is 2. The van der Waals surface area contributed by atoms with Gasteiger partial charge in [0.25, 0.3) is 0 Å². The van der Waals surface area contributed by atoms with Gasteiger partial charge in [-0.2, -0.15) is 0 Å². The number of hydrogen-bond acceptors (Lipinski definition) is 2. The maximum absolute atomic E-state index is 11.8. The minimum Gasteiger partial charge on any atom is -0.507 e. The molecule has 2 rings (SSSR count). The van der Waals surface area contributed by atoms with Crippen LogP contribution in [0.5, 0.6) is 5.75 Å². The monoisotopic (exact) mass is 352 g/mol. The maximum Gasteiger partial charge on any atom is 0.336 e. The molecule has 0 unspecified atom stereocenters. The van der Waals surface area contributed by atoms with Crippen molar-refractivity contribution in [3.63, 3.8) is 0 Å². The minimum absolute atomic E-state index is 0.119. The van der Waals surface area contributed by atoms with Crippen molar-refractivity contribution in [3.05, 3.63) is 64.7 Å². The molecule has 0 aliphatic heterocycles. The Morgan fingerprint density at radius 1 is 0.923 bits per heavy atom. The maximum atomic E-state index is 11.8. The van der Waals surface area contributed by atoms with Crippen LogP contribution in [-0.4, -0.2) is 16.2 Å².